The predicted octanol–water partition coefficient (Wildman–Crippen LogP) is 1.15. The van der Waals surface area contributed by atoms with E-state index >= 15 is 0 Å². The van der Waals surface area contributed by atoms with Gasteiger partial charge in [-0.2, -0.15) is 4.31 Å². The summed E-state index contributed by atoms with van der Waals surface area (Å²) in [6, 6.07) is 9.95. The molecule has 0 fully saturated rings. The van der Waals surface area contributed by atoms with Crippen LogP contribution in [-0.2, 0) is 32.7 Å². The van der Waals surface area contributed by atoms with Gasteiger partial charge in [-0.3, -0.25) is 14.6 Å². The molecule has 0 saturated heterocycles. The van der Waals surface area contributed by atoms with Gasteiger partial charge in [-0.05, 0) is 36.8 Å². The van der Waals surface area contributed by atoms with Gasteiger partial charge in [-0.1, -0.05) is 18.2 Å². The maximum atomic E-state index is 13.2. The molecule has 2 amide bonds. The lowest BCUT2D eigenvalue weighted by Crippen LogP contribution is -2.50. The summed E-state index contributed by atoms with van der Waals surface area (Å²) >= 11 is 0. The van der Waals surface area contributed by atoms with Crippen LogP contribution in [0.5, 0.6) is 0 Å². The molecule has 0 bridgehead atoms. The van der Waals surface area contributed by atoms with E-state index < -0.39 is 40.2 Å². The van der Waals surface area contributed by atoms with Crippen molar-refractivity contribution in [1.82, 2.24) is 19.5 Å². The van der Waals surface area contributed by atoms with Gasteiger partial charge in [0.2, 0.25) is 21.8 Å². The van der Waals surface area contributed by atoms with E-state index in [0.29, 0.717) is 11.3 Å². The van der Waals surface area contributed by atoms with Crippen molar-refractivity contribution < 1.29 is 22.4 Å². The summed E-state index contributed by atoms with van der Waals surface area (Å²) in [5.41, 5.74) is 1.27. The number of halogens is 1. The largest absolute Gasteiger partial charge is 0.349 e. The van der Waals surface area contributed by atoms with Crippen molar-refractivity contribution in [3.8, 4) is 0 Å². The molecule has 30 heavy (non-hydrogen) atoms. The van der Waals surface area contributed by atoms with Crippen LogP contribution in [-0.4, -0.2) is 60.3 Å². The number of carbonyl (C=O) groups is 2. The summed E-state index contributed by atoms with van der Waals surface area (Å²) < 4.78 is 37.5. The minimum atomic E-state index is -3.57. The number of hydrogen-bond acceptors (Lipinski definition) is 5. The molecule has 162 valence electrons. The minimum Gasteiger partial charge on any atom is -0.349 e. The molecule has 0 spiro atoms. The molecule has 0 radical (unpaired) electrons. The number of benzene rings is 1. The normalized spacial score (nSPS) is 12.4. The van der Waals surface area contributed by atoms with Gasteiger partial charge in [0.25, 0.3) is 0 Å². The molecular formula is C20H25FN4O4S. The van der Waals surface area contributed by atoms with E-state index in [1.165, 1.54) is 36.2 Å². The molecule has 1 N–H and O–H groups in total. The second kappa shape index (κ2) is 10.3. The van der Waals surface area contributed by atoms with Crippen LogP contribution in [0.1, 0.15) is 18.2 Å². The highest BCUT2D eigenvalue weighted by Crippen LogP contribution is 2.12. The molecule has 2 rings (SSSR count). The molecule has 2 aromatic rings. The van der Waals surface area contributed by atoms with Gasteiger partial charge in [0.05, 0.1) is 25.0 Å². The molecule has 0 aliphatic heterocycles. The molecule has 0 aliphatic rings. The average Bonchev–Trinajstić information content (AvgIpc) is 2.71. The van der Waals surface area contributed by atoms with Crippen LogP contribution in [0, 0.1) is 5.82 Å². The van der Waals surface area contributed by atoms with E-state index in [4.69, 9.17) is 0 Å². The average molecular weight is 437 g/mol. The van der Waals surface area contributed by atoms with Crippen LogP contribution in [0.2, 0.25) is 0 Å². The first-order valence-corrected chi connectivity index (χ1v) is 11.1. The Bertz CT molecular complexity index is 968. The van der Waals surface area contributed by atoms with Crippen LogP contribution in [0.3, 0.4) is 0 Å². The minimum absolute atomic E-state index is 0.0227. The Balaban J connectivity index is 2.16. The Hall–Kier alpha value is -2.85. The van der Waals surface area contributed by atoms with Crippen LogP contribution in [0.25, 0.3) is 0 Å². The van der Waals surface area contributed by atoms with E-state index in [9.17, 15) is 22.4 Å². The zero-order valence-corrected chi connectivity index (χ0v) is 17.9. The van der Waals surface area contributed by atoms with Gasteiger partial charge in [0.1, 0.15) is 11.9 Å². The molecule has 10 heteroatoms. The number of nitrogens with one attached hydrogen (secondary N) is 1. The number of rotatable bonds is 9. The summed E-state index contributed by atoms with van der Waals surface area (Å²) in [7, 11) is -2.29. The third kappa shape index (κ3) is 6.89. The fourth-order valence-corrected chi connectivity index (χ4v) is 2.94. The maximum absolute atomic E-state index is 13.2. The van der Waals surface area contributed by atoms with Crippen molar-refractivity contribution >= 4 is 21.8 Å². The third-order valence-corrected chi connectivity index (χ3v) is 5.79. The maximum Gasteiger partial charge on any atom is 0.242 e. The predicted molar refractivity (Wildman–Crippen MR) is 110 cm³/mol. The number of hydrogen-bond donors (Lipinski definition) is 1. The lowest BCUT2D eigenvalue weighted by molar-refractivity contribution is -0.140. The number of amides is 2. The molecule has 1 aromatic heterocycles. The number of sulfonamides is 1. The highest BCUT2D eigenvalue weighted by atomic mass is 32.2. The molecule has 1 heterocycles. The Morgan fingerprint density at radius 1 is 1.17 bits per heavy atom. The van der Waals surface area contributed by atoms with Gasteiger partial charge in [-0.15, -0.1) is 0 Å². The molecule has 0 saturated carbocycles. The SMILES string of the molecule is C[C@@H](C(=O)NCc1ccccn1)N(Cc1ccc(F)cc1)C(=O)CN(C)S(C)(=O)=O. The van der Waals surface area contributed by atoms with Gasteiger partial charge in [0.15, 0.2) is 0 Å². The first kappa shape index (κ1) is 23.4. The number of likely N-dealkylation sites (N-methyl/N-ethyl adjacent to an activating group) is 1. The Morgan fingerprint density at radius 3 is 2.40 bits per heavy atom. The standard InChI is InChI=1S/C20H25FN4O4S/c1-15(20(27)23-12-18-6-4-5-11-22-18)25(13-16-7-9-17(21)10-8-16)19(26)14-24(2)30(3,28)29/h4-11,15H,12-14H2,1-3H3,(H,23,27)/t15-/m0/s1. The third-order valence-electron chi connectivity index (χ3n) is 4.53. The smallest absolute Gasteiger partial charge is 0.242 e. The highest BCUT2D eigenvalue weighted by molar-refractivity contribution is 7.88. The first-order chi connectivity index (χ1) is 14.1. The fourth-order valence-electron chi connectivity index (χ4n) is 2.60. The second-order valence-corrected chi connectivity index (χ2v) is 8.97. The highest BCUT2D eigenvalue weighted by Gasteiger charge is 2.28. The number of carbonyl (C=O) groups excluding carboxylic acids is 2. The zero-order chi connectivity index (χ0) is 22.3. The van der Waals surface area contributed by atoms with Crippen molar-refractivity contribution in [2.75, 3.05) is 19.8 Å². The van der Waals surface area contributed by atoms with Crippen molar-refractivity contribution in [1.29, 1.82) is 0 Å². The van der Waals surface area contributed by atoms with E-state index in [2.05, 4.69) is 10.3 Å². The monoisotopic (exact) mass is 436 g/mol. The van der Waals surface area contributed by atoms with Gasteiger partial charge >= 0.3 is 0 Å². The van der Waals surface area contributed by atoms with Crippen LogP contribution in [0.4, 0.5) is 4.39 Å². The topological polar surface area (TPSA) is 99.7 Å². The fraction of sp³-hybridized carbons (Fsp3) is 0.350. The summed E-state index contributed by atoms with van der Waals surface area (Å²) in [4.78, 5) is 30.9. The summed E-state index contributed by atoms with van der Waals surface area (Å²) in [5, 5.41) is 2.73. The lowest BCUT2D eigenvalue weighted by Gasteiger charge is -2.30. The Labute approximate surface area is 175 Å². The van der Waals surface area contributed by atoms with E-state index in [0.717, 1.165) is 10.6 Å². The molecule has 8 nitrogen and oxygen atoms in total. The van der Waals surface area contributed by atoms with E-state index in [1.807, 2.05) is 0 Å². The van der Waals surface area contributed by atoms with Crippen LogP contribution < -0.4 is 5.32 Å². The van der Waals surface area contributed by atoms with E-state index in [1.54, 1.807) is 31.3 Å². The van der Waals surface area contributed by atoms with Crippen molar-refractivity contribution in [3.05, 3.63) is 65.7 Å². The molecule has 0 aliphatic carbocycles. The number of aromatic nitrogens is 1. The van der Waals surface area contributed by atoms with Crippen LogP contribution >= 0.6 is 0 Å². The molecule has 1 aromatic carbocycles. The van der Waals surface area contributed by atoms with E-state index in [-0.39, 0.29) is 13.1 Å². The van der Waals surface area contributed by atoms with Gasteiger partial charge < -0.3 is 10.2 Å². The summed E-state index contributed by atoms with van der Waals surface area (Å²) in [5.74, 6) is -1.39. The summed E-state index contributed by atoms with van der Waals surface area (Å²) in [6.07, 6.45) is 2.60. The molecule has 0 unspecified atom stereocenters. The Morgan fingerprint density at radius 2 is 1.83 bits per heavy atom. The van der Waals surface area contributed by atoms with Crippen molar-refractivity contribution in [2.24, 2.45) is 0 Å². The Kier molecular flexibility index (Phi) is 8.01. The number of nitrogens with zero attached hydrogens (tertiary/aromatic N) is 3. The zero-order valence-electron chi connectivity index (χ0n) is 17.1. The lowest BCUT2D eigenvalue weighted by atomic mass is 10.1. The number of pyridine rings is 1. The van der Waals surface area contributed by atoms with Gasteiger partial charge in [-0.25, -0.2) is 12.8 Å². The van der Waals surface area contributed by atoms with Crippen molar-refractivity contribution in [3.63, 3.8) is 0 Å². The second-order valence-electron chi connectivity index (χ2n) is 6.88. The quantitative estimate of drug-likeness (QED) is 0.636. The van der Waals surface area contributed by atoms with Crippen molar-refractivity contribution in [2.45, 2.75) is 26.1 Å². The summed E-state index contributed by atoms with van der Waals surface area (Å²) in [6.45, 7) is 1.34. The van der Waals surface area contributed by atoms with Gasteiger partial charge in [0, 0.05) is 19.8 Å². The first-order valence-electron chi connectivity index (χ1n) is 9.20. The molecule has 1 atom stereocenters. The molecular weight excluding hydrogens is 411 g/mol. The van der Waals surface area contributed by atoms with Crippen LogP contribution in [0.15, 0.2) is 48.7 Å².